The number of hydrogen-bond donors (Lipinski definition) is 2. The molecule has 7 atom stereocenters. The molecule has 3 unspecified atom stereocenters. The number of rotatable bonds is 8. The van der Waals surface area contributed by atoms with Gasteiger partial charge in [-0.2, -0.15) is 0 Å². The quantitative estimate of drug-likeness (QED) is 0.364. The highest BCUT2D eigenvalue weighted by Crippen LogP contribution is 2.60. The van der Waals surface area contributed by atoms with Crippen molar-refractivity contribution in [3.63, 3.8) is 0 Å². The van der Waals surface area contributed by atoms with Crippen LogP contribution in [0, 0.1) is 23.2 Å². The first-order valence-electron chi connectivity index (χ1n) is 15.9. The normalized spacial score (nSPS) is 37.4. The summed E-state index contributed by atoms with van der Waals surface area (Å²) in [5.41, 5.74) is 4.07. The second-order valence-electron chi connectivity index (χ2n) is 13.9. The van der Waals surface area contributed by atoms with Crippen LogP contribution in [0.1, 0.15) is 97.0 Å². The summed E-state index contributed by atoms with van der Waals surface area (Å²) in [6.45, 7) is 11.5. The Balaban J connectivity index is 1.25. The van der Waals surface area contributed by atoms with Crippen molar-refractivity contribution >= 4 is 5.91 Å². The average Bonchev–Trinajstić information content (AvgIpc) is 3.39. The van der Waals surface area contributed by atoms with Crippen LogP contribution >= 0.6 is 0 Å². The number of hydrogen-bond acceptors (Lipinski definition) is 3. The molecule has 1 saturated heterocycles. The minimum atomic E-state index is -1.25. The van der Waals surface area contributed by atoms with Crippen molar-refractivity contribution in [2.75, 3.05) is 6.54 Å². The van der Waals surface area contributed by atoms with E-state index in [0.29, 0.717) is 30.7 Å². The molecule has 2 N–H and O–H groups in total. The van der Waals surface area contributed by atoms with Crippen LogP contribution in [0.3, 0.4) is 0 Å². The van der Waals surface area contributed by atoms with Gasteiger partial charge < -0.3 is 15.1 Å². The van der Waals surface area contributed by atoms with Crippen LogP contribution in [0.25, 0.3) is 0 Å². The van der Waals surface area contributed by atoms with Gasteiger partial charge in [-0.05, 0) is 117 Å². The van der Waals surface area contributed by atoms with E-state index in [1.54, 1.807) is 12.5 Å². The van der Waals surface area contributed by atoms with Gasteiger partial charge >= 0.3 is 0 Å². The fraction of sp³-hybridized carbons (Fsp3) is 0.639. The first-order valence-corrected chi connectivity index (χ1v) is 15.9. The number of amides is 1. The van der Waals surface area contributed by atoms with Gasteiger partial charge in [0.1, 0.15) is 5.60 Å². The maximum atomic E-state index is 13.2. The summed E-state index contributed by atoms with van der Waals surface area (Å²) < 4.78 is 0. The molecule has 4 nitrogen and oxygen atoms in total. The molecule has 4 heteroatoms. The Hall–Kier alpha value is -2.17. The summed E-state index contributed by atoms with van der Waals surface area (Å²) in [5.74, 6) is 1.66. The smallest absolute Gasteiger partial charge is 0.254 e. The van der Waals surface area contributed by atoms with E-state index in [4.69, 9.17) is 0 Å². The molecule has 1 aromatic rings. The van der Waals surface area contributed by atoms with E-state index < -0.39 is 5.60 Å². The van der Waals surface area contributed by atoms with Gasteiger partial charge in [0, 0.05) is 19.0 Å². The van der Waals surface area contributed by atoms with Crippen LogP contribution in [0.2, 0.25) is 0 Å². The van der Waals surface area contributed by atoms with Gasteiger partial charge in [-0.15, -0.1) is 0 Å². The molecule has 1 heterocycles. The predicted octanol–water partition coefficient (Wildman–Crippen LogP) is 7.17. The van der Waals surface area contributed by atoms with E-state index >= 15 is 0 Å². The van der Waals surface area contributed by atoms with Gasteiger partial charge in [-0.3, -0.25) is 4.79 Å². The molecule has 40 heavy (non-hydrogen) atoms. The van der Waals surface area contributed by atoms with Crippen molar-refractivity contribution in [3.05, 3.63) is 71.3 Å². The second-order valence-corrected chi connectivity index (χ2v) is 13.9. The van der Waals surface area contributed by atoms with Crippen LogP contribution in [0.4, 0.5) is 0 Å². The molecule has 1 aliphatic heterocycles. The lowest BCUT2D eigenvalue weighted by Gasteiger charge is -2.45. The van der Waals surface area contributed by atoms with Gasteiger partial charge in [-0.25, -0.2) is 0 Å². The molecule has 0 spiro atoms. The fourth-order valence-corrected chi connectivity index (χ4v) is 8.96. The molecule has 1 amide bonds. The summed E-state index contributed by atoms with van der Waals surface area (Å²) >= 11 is 0. The number of aliphatic hydroxyl groups is 2. The van der Waals surface area contributed by atoms with E-state index in [1.807, 2.05) is 11.0 Å². The number of likely N-dealkylation sites (tertiary alicyclic amines) is 1. The Bertz CT molecular complexity index is 1130. The Labute approximate surface area is 242 Å². The van der Waals surface area contributed by atoms with Crippen molar-refractivity contribution in [3.8, 4) is 0 Å². The first-order chi connectivity index (χ1) is 19.1. The third-order valence-electron chi connectivity index (χ3n) is 11.1. The van der Waals surface area contributed by atoms with Crippen molar-refractivity contribution in [2.45, 2.75) is 116 Å². The molecule has 1 aromatic carbocycles. The largest absolute Gasteiger partial charge is 0.388 e. The van der Waals surface area contributed by atoms with Gasteiger partial charge in [-0.1, -0.05) is 68.5 Å². The van der Waals surface area contributed by atoms with Crippen LogP contribution in [-0.2, 0) is 11.2 Å². The number of allylic oxidation sites excluding steroid dienone is 3. The SMILES string of the molecule is C=C1/C(=C\C=C2/CCC[C@]3(C)C([C@H](C)CC4CC(C)(O)C(=O)N4CCCc4ccccc4)CC[C@@H]23)CCC[C@@H]1O. The summed E-state index contributed by atoms with van der Waals surface area (Å²) in [5, 5.41) is 21.2. The maximum absolute atomic E-state index is 13.2. The molecular weight excluding hydrogens is 494 g/mol. The molecule has 3 saturated carbocycles. The number of carbonyl (C=O) groups excluding carboxylic acids is 1. The Morgan fingerprint density at radius 2 is 1.88 bits per heavy atom. The lowest BCUT2D eigenvalue weighted by atomic mass is 9.60. The third-order valence-corrected chi connectivity index (χ3v) is 11.1. The van der Waals surface area contributed by atoms with Crippen molar-refractivity contribution < 1.29 is 15.0 Å². The Morgan fingerprint density at radius 1 is 1.10 bits per heavy atom. The predicted molar refractivity (Wildman–Crippen MR) is 163 cm³/mol. The zero-order valence-electron chi connectivity index (χ0n) is 25.1. The summed E-state index contributed by atoms with van der Waals surface area (Å²) in [6.07, 6.45) is 16.7. The zero-order valence-corrected chi connectivity index (χ0v) is 25.1. The minimum Gasteiger partial charge on any atom is -0.388 e. The van der Waals surface area contributed by atoms with Gasteiger partial charge in [0.15, 0.2) is 0 Å². The molecule has 5 rings (SSSR count). The first kappa shape index (κ1) is 29.3. The molecule has 218 valence electrons. The van der Waals surface area contributed by atoms with Gasteiger partial charge in [0.05, 0.1) is 6.10 Å². The number of benzene rings is 1. The molecule has 4 fully saturated rings. The fourth-order valence-electron chi connectivity index (χ4n) is 8.96. The highest BCUT2D eigenvalue weighted by molar-refractivity contribution is 5.87. The summed E-state index contributed by atoms with van der Waals surface area (Å²) in [6, 6.07) is 10.6. The van der Waals surface area contributed by atoms with Gasteiger partial charge in [0.2, 0.25) is 0 Å². The molecule has 0 bridgehead atoms. The monoisotopic (exact) mass is 545 g/mol. The number of aliphatic hydroxyl groups excluding tert-OH is 1. The van der Waals surface area contributed by atoms with Crippen molar-refractivity contribution in [1.29, 1.82) is 0 Å². The highest BCUT2D eigenvalue weighted by atomic mass is 16.3. The van der Waals surface area contributed by atoms with Gasteiger partial charge in [0.25, 0.3) is 5.91 Å². The lowest BCUT2D eigenvalue weighted by Crippen LogP contribution is -2.41. The average molecular weight is 546 g/mol. The Morgan fingerprint density at radius 3 is 2.65 bits per heavy atom. The Kier molecular flexibility index (Phi) is 8.78. The molecule has 0 radical (unpaired) electrons. The maximum Gasteiger partial charge on any atom is 0.254 e. The minimum absolute atomic E-state index is 0.0846. The second kappa shape index (κ2) is 12.0. The van der Waals surface area contributed by atoms with E-state index in [2.05, 4.69) is 56.8 Å². The van der Waals surface area contributed by atoms with E-state index in [9.17, 15) is 15.0 Å². The van der Waals surface area contributed by atoms with Crippen molar-refractivity contribution in [1.82, 2.24) is 4.90 Å². The van der Waals surface area contributed by atoms with E-state index in [-0.39, 0.29) is 23.5 Å². The standard InChI is InChI=1S/C36H51NO3/c1-25(23-30-24-36(4,40)34(39)37(30)22-10-13-27-11-6-5-7-12-27)31-19-20-32-29(15-9-21-35(31,32)3)18-17-28-14-8-16-33(38)26(28)2/h5-7,11-12,17-18,25,30-33,38,40H,2,8-10,13-16,19-24H2,1,3-4H3/b28-17-,29-18+/t25-,30?,31?,32+,33+,35-,36?/m1/s1. The highest BCUT2D eigenvalue weighted by Gasteiger charge is 2.53. The van der Waals surface area contributed by atoms with Crippen LogP contribution in [0.15, 0.2) is 65.8 Å². The topological polar surface area (TPSA) is 60.8 Å². The number of fused-ring (bicyclic) bond motifs is 1. The number of nitrogens with zero attached hydrogens (tertiary/aromatic N) is 1. The summed E-state index contributed by atoms with van der Waals surface area (Å²) in [7, 11) is 0. The zero-order chi connectivity index (χ0) is 28.5. The molecular formula is C36H51NO3. The third kappa shape index (κ3) is 5.90. The van der Waals surface area contributed by atoms with E-state index in [0.717, 1.165) is 44.1 Å². The van der Waals surface area contributed by atoms with Crippen LogP contribution in [0.5, 0.6) is 0 Å². The number of aryl methyl sites for hydroxylation is 1. The van der Waals surface area contributed by atoms with Crippen LogP contribution in [-0.4, -0.2) is 45.3 Å². The molecule has 3 aliphatic carbocycles. The lowest BCUT2D eigenvalue weighted by molar-refractivity contribution is -0.142. The molecule has 4 aliphatic rings. The van der Waals surface area contributed by atoms with E-state index in [1.165, 1.54) is 43.2 Å². The number of carbonyl (C=O) groups is 1. The molecule has 0 aromatic heterocycles. The summed E-state index contributed by atoms with van der Waals surface area (Å²) in [4.78, 5) is 15.2. The van der Waals surface area contributed by atoms with Crippen molar-refractivity contribution in [2.24, 2.45) is 23.2 Å². The van der Waals surface area contributed by atoms with Crippen LogP contribution < -0.4 is 0 Å².